The minimum absolute atomic E-state index is 0.179. The van der Waals surface area contributed by atoms with Crippen LogP contribution in [0.4, 0.5) is 0 Å². The number of thiocarbonyl (C=S) groups is 1. The first-order chi connectivity index (χ1) is 9.98. The van der Waals surface area contributed by atoms with E-state index < -0.39 is 5.72 Å². The fourth-order valence-electron chi connectivity index (χ4n) is 3.28. The fourth-order valence-corrected chi connectivity index (χ4v) is 3.69. The van der Waals surface area contributed by atoms with Gasteiger partial charge in [-0.3, -0.25) is 0 Å². The second-order valence-electron chi connectivity index (χ2n) is 5.74. The van der Waals surface area contributed by atoms with Gasteiger partial charge in [-0.25, -0.2) is 0 Å². The molecule has 0 amide bonds. The van der Waals surface area contributed by atoms with Crippen LogP contribution in [0.3, 0.4) is 0 Å². The van der Waals surface area contributed by atoms with Crippen LogP contribution in [0.1, 0.15) is 30.5 Å². The maximum absolute atomic E-state index is 6.32. The lowest BCUT2D eigenvalue weighted by Gasteiger charge is -2.52. The Morgan fingerprint density at radius 2 is 2.38 bits per heavy atom. The smallest absolute Gasteiger partial charge is 0.184 e. The average molecular weight is 304 g/mol. The molecule has 3 rings (SSSR count). The molecule has 2 unspecified atom stereocenters. The summed E-state index contributed by atoms with van der Waals surface area (Å²) in [6.45, 7) is 8.62. The van der Waals surface area contributed by atoms with E-state index in [-0.39, 0.29) is 6.04 Å². The van der Waals surface area contributed by atoms with Crippen molar-refractivity contribution < 1.29 is 9.47 Å². The molecule has 1 N–H and O–H groups in total. The van der Waals surface area contributed by atoms with Crippen LogP contribution in [-0.4, -0.2) is 29.4 Å². The van der Waals surface area contributed by atoms with Gasteiger partial charge in [-0.05, 0) is 37.7 Å². The Morgan fingerprint density at radius 1 is 1.62 bits per heavy atom. The van der Waals surface area contributed by atoms with Crippen molar-refractivity contribution in [2.75, 3.05) is 13.7 Å². The van der Waals surface area contributed by atoms with Crippen LogP contribution in [-0.2, 0) is 0 Å². The van der Waals surface area contributed by atoms with Crippen LogP contribution in [0.25, 0.3) is 0 Å². The Labute approximate surface area is 130 Å². The Morgan fingerprint density at radius 3 is 3.05 bits per heavy atom. The molecule has 4 nitrogen and oxygen atoms in total. The molecule has 0 saturated carbocycles. The van der Waals surface area contributed by atoms with Gasteiger partial charge in [0, 0.05) is 24.6 Å². The number of aryl methyl sites for hydroxylation is 1. The predicted octanol–water partition coefficient (Wildman–Crippen LogP) is 2.92. The van der Waals surface area contributed by atoms with Crippen LogP contribution in [0.2, 0.25) is 0 Å². The van der Waals surface area contributed by atoms with E-state index in [0.29, 0.717) is 6.54 Å². The molecule has 2 atom stereocenters. The van der Waals surface area contributed by atoms with Gasteiger partial charge >= 0.3 is 0 Å². The number of benzene rings is 1. The third kappa shape index (κ3) is 2.16. The second kappa shape index (κ2) is 4.91. The van der Waals surface area contributed by atoms with E-state index in [1.165, 1.54) is 5.56 Å². The van der Waals surface area contributed by atoms with Gasteiger partial charge in [-0.15, -0.1) is 6.58 Å². The highest BCUT2D eigenvalue weighted by molar-refractivity contribution is 7.80. The van der Waals surface area contributed by atoms with Crippen molar-refractivity contribution in [1.82, 2.24) is 10.2 Å². The molecule has 2 bridgehead atoms. The second-order valence-corrected chi connectivity index (χ2v) is 6.13. The minimum Gasteiger partial charge on any atom is -0.497 e. The minimum atomic E-state index is -0.451. The van der Waals surface area contributed by atoms with E-state index >= 15 is 0 Å². The van der Waals surface area contributed by atoms with Crippen molar-refractivity contribution >= 4 is 17.3 Å². The lowest BCUT2D eigenvalue weighted by atomic mass is 9.88. The van der Waals surface area contributed by atoms with Crippen LogP contribution < -0.4 is 14.8 Å². The molecule has 1 aromatic rings. The van der Waals surface area contributed by atoms with Crippen LogP contribution >= 0.6 is 12.2 Å². The van der Waals surface area contributed by atoms with Gasteiger partial charge in [0.1, 0.15) is 11.5 Å². The average Bonchev–Trinajstić information content (AvgIpc) is 2.42. The molecule has 0 spiro atoms. The molecular weight excluding hydrogens is 284 g/mol. The van der Waals surface area contributed by atoms with Crippen LogP contribution in [0.5, 0.6) is 11.5 Å². The van der Waals surface area contributed by atoms with Gasteiger partial charge in [-0.1, -0.05) is 6.08 Å². The largest absolute Gasteiger partial charge is 0.497 e. The highest BCUT2D eigenvalue weighted by Crippen LogP contribution is 2.46. The number of hydrogen-bond acceptors (Lipinski definition) is 3. The van der Waals surface area contributed by atoms with Gasteiger partial charge in [0.25, 0.3) is 0 Å². The maximum Gasteiger partial charge on any atom is 0.184 e. The summed E-state index contributed by atoms with van der Waals surface area (Å²) in [5.74, 6) is 1.68. The van der Waals surface area contributed by atoms with E-state index in [9.17, 15) is 0 Å². The SMILES string of the molecule is C=CCN1C(=S)NC2CC1(C)Oc1cc(OC)cc(C)c12. The number of fused-ring (bicyclic) bond motifs is 4. The van der Waals surface area contributed by atoms with Crippen molar-refractivity contribution in [3.63, 3.8) is 0 Å². The van der Waals surface area contributed by atoms with Gasteiger partial charge in [-0.2, -0.15) is 0 Å². The summed E-state index contributed by atoms with van der Waals surface area (Å²) in [6, 6.07) is 4.17. The van der Waals surface area contributed by atoms with E-state index in [0.717, 1.165) is 28.6 Å². The number of ether oxygens (including phenoxy) is 2. The van der Waals surface area contributed by atoms with E-state index in [2.05, 4.69) is 25.7 Å². The normalized spacial score (nSPS) is 26.5. The van der Waals surface area contributed by atoms with Gasteiger partial charge < -0.3 is 19.7 Å². The topological polar surface area (TPSA) is 33.7 Å². The van der Waals surface area contributed by atoms with Crippen molar-refractivity contribution in [3.05, 3.63) is 35.9 Å². The third-order valence-electron chi connectivity index (χ3n) is 4.24. The summed E-state index contributed by atoms with van der Waals surface area (Å²) < 4.78 is 11.7. The van der Waals surface area contributed by atoms with Crippen LogP contribution in [0.15, 0.2) is 24.8 Å². The van der Waals surface area contributed by atoms with E-state index in [1.807, 2.05) is 23.1 Å². The number of methoxy groups -OCH3 is 1. The summed E-state index contributed by atoms with van der Waals surface area (Å²) in [4.78, 5) is 2.05. The standard InChI is InChI=1S/C16H20N2O2S/c1-5-6-18-15(21)17-12-9-16(18,3)20-13-8-11(19-4)7-10(2)14(12)13/h5,7-8,12H,1,6,9H2,2-4H3,(H,17,21). The molecule has 5 heteroatoms. The number of nitrogens with zero attached hydrogens (tertiary/aromatic N) is 1. The summed E-state index contributed by atoms with van der Waals surface area (Å²) >= 11 is 5.50. The van der Waals surface area contributed by atoms with E-state index in [1.54, 1.807) is 7.11 Å². The molecule has 1 fully saturated rings. The molecule has 0 aliphatic carbocycles. The molecule has 2 aliphatic heterocycles. The highest BCUT2D eigenvalue weighted by Gasteiger charge is 2.47. The molecule has 2 aliphatic rings. The van der Waals surface area contributed by atoms with Gasteiger partial charge in [0.2, 0.25) is 0 Å². The molecular formula is C16H20N2O2S. The Kier molecular flexibility index (Phi) is 3.32. The Balaban J connectivity index is 2.09. The fraction of sp³-hybridized carbons (Fsp3) is 0.438. The zero-order valence-corrected chi connectivity index (χ0v) is 13.4. The van der Waals surface area contributed by atoms with Crippen molar-refractivity contribution in [2.24, 2.45) is 0 Å². The first kappa shape index (κ1) is 14.2. The van der Waals surface area contributed by atoms with Gasteiger partial charge in [0.05, 0.1) is 13.2 Å². The zero-order valence-electron chi connectivity index (χ0n) is 12.6. The quantitative estimate of drug-likeness (QED) is 0.686. The molecule has 112 valence electrons. The van der Waals surface area contributed by atoms with Crippen LogP contribution in [0, 0.1) is 6.92 Å². The molecule has 0 radical (unpaired) electrons. The van der Waals surface area contributed by atoms with E-state index in [4.69, 9.17) is 21.7 Å². The molecule has 1 saturated heterocycles. The highest BCUT2D eigenvalue weighted by atomic mass is 32.1. The lowest BCUT2D eigenvalue weighted by molar-refractivity contribution is -0.0633. The molecule has 21 heavy (non-hydrogen) atoms. The number of nitrogens with one attached hydrogen (secondary N) is 1. The van der Waals surface area contributed by atoms with Crippen molar-refractivity contribution in [1.29, 1.82) is 0 Å². The maximum atomic E-state index is 6.32. The summed E-state index contributed by atoms with van der Waals surface area (Å²) in [6.07, 6.45) is 2.69. The Hall–Kier alpha value is -1.75. The number of hydrogen-bond donors (Lipinski definition) is 1. The molecule has 0 aromatic heterocycles. The Bertz CT molecular complexity index is 617. The first-order valence-corrected chi connectivity index (χ1v) is 7.46. The summed E-state index contributed by atoms with van der Waals surface area (Å²) in [5, 5.41) is 4.15. The van der Waals surface area contributed by atoms with Gasteiger partial charge in [0.15, 0.2) is 10.8 Å². The van der Waals surface area contributed by atoms with Crippen molar-refractivity contribution in [2.45, 2.75) is 32.0 Å². The number of rotatable bonds is 3. The molecule has 2 heterocycles. The molecule has 1 aromatic carbocycles. The first-order valence-electron chi connectivity index (χ1n) is 7.05. The monoisotopic (exact) mass is 304 g/mol. The third-order valence-corrected chi connectivity index (χ3v) is 4.58. The summed E-state index contributed by atoms with van der Waals surface area (Å²) in [5.41, 5.74) is 1.88. The zero-order chi connectivity index (χ0) is 15.2. The predicted molar refractivity (Wildman–Crippen MR) is 86.8 cm³/mol. The lowest BCUT2D eigenvalue weighted by Crippen LogP contribution is -2.64. The van der Waals surface area contributed by atoms with Crippen molar-refractivity contribution in [3.8, 4) is 11.5 Å². The summed E-state index contributed by atoms with van der Waals surface area (Å²) in [7, 11) is 1.67.